The maximum Gasteiger partial charge on any atom is 0.121 e. The Morgan fingerprint density at radius 3 is 2.65 bits per heavy atom. The zero-order chi connectivity index (χ0) is 16.1. The van der Waals surface area contributed by atoms with Crippen molar-refractivity contribution < 1.29 is 4.74 Å². The predicted octanol–water partition coefficient (Wildman–Crippen LogP) is 4.57. The van der Waals surface area contributed by atoms with Gasteiger partial charge in [-0.25, -0.2) is 4.98 Å². The van der Waals surface area contributed by atoms with Gasteiger partial charge in [0.2, 0.25) is 0 Å². The molecule has 4 heteroatoms. The van der Waals surface area contributed by atoms with E-state index in [-0.39, 0.29) is 0 Å². The fourth-order valence-electron chi connectivity index (χ4n) is 2.64. The minimum Gasteiger partial charge on any atom is -0.494 e. The standard InChI is InChI=1S/C19H23N3O/c1-2-3-4-5-12-23-17-10-11-19-18(13-17)21-14-22(19)16-8-6-15(20)7-9-16/h6-11,13-14H,2-5,12,20H2,1H3. The molecule has 3 rings (SSSR count). The van der Waals surface area contributed by atoms with Gasteiger partial charge in [0.05, 0.1) is 17.6 Å². The molecule has 0 fully saturated rings. The van der Waals surface area contributed by atoms with Crippen molar-refractivity contribution in [2.45, 2.75) is 32.6 Å². The number of hydrogen-bond acceptors (Lipinski definition) is 3. The molecule has 0 saturated heterocycles. The van der Waals surface area contributed by atoms with Gasteiger partial charge in [0, 0.05) is 17.4 Å². The second-order valence-corrected chi connectivity index (χ2v) is 5.77. The van der Waals surface area contributed by atoms with Gasteiger partial charge in [-0.2, -0.15) is 0 Å². The maximum atomic E-state index is 5.83. The molecule has 2 N–H and O–H groups in total. The molecule has 1 aromatic heterocycles. The van der Waals surface area contributed by atoms with Gasteiger partial charge in [0.1, 0.15) is 12.1 Å². The molecule has 0 aliphatic heterocycles. The molecule has 1 heterocycles. The minimum atomic E-state index is 0.761. The van der Waals surface area contributed by atoms with Crippen LogP contribution in [0.4, 0.5) is 5.69 Å². The summed E-state index contributed by atoms with van der Waals surface area (Å²) in [5, 5.41) is 0. The van der Waals surface area contributed by atoms with Gasteiger partial charge in [-0.15, -0.1) is 0 Å². The molecule has 120 valence electrons. The first-order chi connectivity index (χ1) is 11.3. The first kappa shape index (κ1) is 15.4. The average Bonchev–Trinajstić information content (AvgIpc) is 2.98. The molecule has 0 unspecified atom stereocenters. The third-order valence-corrected chi connectivity index (χ3v) is 3.96. The van der Waals surface area contributed by atoms with Gasteiger partial charge in [0.15, 0.2) is 0 Å². The Kier molecular flexibility index (Phi) is 4.81. The van der Waals surface area contributed by atoms with Gasteiger partial charge in [0.25, 0.3) is 0 Å². The summed E-state index contributed by atoms with van der Waals surface area (Å²) in [5.41, 5.74) is 9.56. The number of benzene rings is 2. The van der Waals surface area contributed by atoms with Crippen molar-refractivity contribution in [2.75, 3.05) is 12.3 Å². The lowest BCUT2D eigenvalue weighted by Gasteiger charge is -2.07. The largest absolute Gasteiger partial charge is 0.494 e. The highest BCUT2D eigenvalue weighted by Crippen LogP contribution is 2.23. The molecule has 0 radical (unpaired) electrons. The van der Waals surface area contributed by atoms with Crippen molar-refractivity contribution in [1.82, 2.24) is 9.55 Å². The van der Waals surface area contributed by atoms with Crippen molar-refractivity contribution >= 4 is 16.7 Å². The van der Waals surface area contributed by atoms with Crippen LogP contribution in [0.5, 0.6) is 5.75 Å². The Bertz CT molecular complexity index is 762. The number of fused-ring (bicyclic) bond motifs is 1. The Balaban J connectivity index is 1.73. The quantitative estimate of drug-likeness (QED) is 0.514. The summed E-state index contributed by atoms with van der Waals surface area (Å²) in [7, 11) is 0. The molecule has 0 aliphatic rings. The number of ether oxygens (including phenoxy) is 1. The van der Waals surface area contributed by atoms with Crippen molar-refractivity contribution in [3.8, 4) is 11.4 Å². The summed E-state index contributed by atoms with van der Waals surface area (Å²) in [6.07, 6.45) is 6.68. The van der Waals surface area contributed by atoms with Crippen molar-refractivity contribution in [3.63, 3.8) is 0 Å². The molecule has 0 bridgehead atoms. The molecule has 0 aliphatic carbocycles. The van der Waals surface area contributed by atoms with Gasteiger partial charge in [-0.1, -0.05) is 26.2 Å². The Labute approximate surface area is 136 Å². The van der Waals surface area contributed by atoms with E-state index >= 15 is 0 Å². The summed E-state index contributed by atoms with van der Waals surface area (Å²) in [5.74, 6) is 0.886. The number of rotatable bonds is 7. The molecule has 0 atom stereocenters. The van der Waals surface area contributed by atoms with Crippen LogP contribution < -0.4 is 10.5 Å². The van der Waals surface area contributed by atoms with Crippen LogP contribution in [0.25, 0.3) is 16.7 Å². The number of nitrogen functional groups attached to an aromatic ring is 1. The normalized spacial score (nSPS) is 11.0. The zero-order valence-electron chi connectivity index (χ0n) is 13.5. The van der Waals surface area contributed by atoms with E-state index in [9.17, 15) is 0 Å². The molecule has 0 saturated carbocycles. The fourth-order valence-corrected chi connectivity index (χ4v) is 2.64. The first-order valence-corrected chi connectivity index (χ1v) is 8.24. The topological polar surface area (TPSA) is 53.1 Å². The van der Waals surface area contributed by atoms with Crippen LogP contribution in [0.2, 0.25) is 0 Å². The predicted molar refractivity (Wildman–Crippen MR) is 95.1 cm³/mol. The van der Waals surface area contributed by atoms with Gasteiger partial charge in [-0.05, 0) is 42.8 Å². The van der Waals surface area contributed by atoms with Crippen LogP contribution in [0.3, 0.4) is 0 Å². The van der Waals surface area contributed by atoms with Crippen LogP contribution in [0.1, 0.15) is 32.6 Å². The molecule has 0 spiro atoms. The van der Waals surface area contributed by atoms with E-state index in [1.54, 1.807) is 0 Å². The van der Waals surface area contributed by atoms with Gasteiger partial charge in [-0.3, -0.25) is 4.57 Å². The lowest BCUT2D eigenvalue weighted by molar-refractivity contribution is 0.305. The van der Waals surface area contributed by atoms with E-state index < -0.39 is 0 Å². The van der Waals surface area contributed by atoms with Gasteiger partial charge >= 0.3 is 0 Å². The molecule has 2 aromatic carbocycles. The maximum absolute atomic E-state index is 5.83. The lowest BCUT2D eigenvalue weighted by Crippen LogP contribution is -1.97. The highest BCUT2D eigenvalue weighted by Gasteiger charge is 2.06. The fraction of sp³-hybridized carbons (Fsp3) is 0.316. The van der Waals surface area contributed by atoms with Gasteiger partial charge < -0.3 is 10.5 Å². The third-order valence-electron chi connectivity index (χ3n) is 3.96. The number of nitrogens with two attached hydrogens (primary N) is 1. The molecular weight excluding hydrogens is 286 g/mol. The van der Waals surface area contributed by atoms with E-state index in [0.717, 1.165) is 41.2 Å². The Morgan fingerprint density at radius 2 is 1.87 bits per heavy atom. The number of unbranched alkanes of at least 4 members (excludes halogenated alkanes) is 3. The van der Waals surface area contributed by atoms with E-state index in [2.05, 4.69) is 22.5 Å². The molecule has 4 nitrogen and oxygen atoms in total. The number of nitrogens with zero attached hydrogens (tertiary/aromatic N) is 2. The minimum absolute atomic E-state index is 0.761. The van der Waals surface area contributed by atoms with Crippen LogP contribution in [-0.4, -0.2) is 16.2 Å². The van der Waals surface area contributed by atoms with E-state index in [1.165, 1.54) is 19.3 Å². The van der Waals surface area contributed by atoms with Crippen LogP contribution in [0, 0.1) is 0 Å². The van der Waals surface area contributed by atoms with E-state index in [0.29, 0.717) is 0 Å². The summed E-state index contributed by atoms with van der Waals surface area (Å²) >= 11 is 0. The number of anilines is 1. The van der Waals surface area contributed by atoms with Crippen molar-refractivity contribution in [3.05, 3.63) is 48.8 Å². The van der Waals surface area contributed by atoms with Crippen LogP contribution in [0.15, 0.2) is 48.8 Å². The highest BCUT2D eigenvalue weighted by molar-refractivity contribution is 5.79. The zero-order valence-corrected chi connectivity index (χ0v) is 13.5. The van der Waals surface area contributed by atoms with Crippen molar-refractivity contribution in [2.24, 2.45) is 0 Å². The lowest BCUT2D eigenvalue weighted by atomic mass is 10.2. The number of hydrogen-bond donors (Lipinski definition) is 1. The SMILES string of the molecule is CCCCCCOc1ccc2c(c1)ncn2-c1ccc(N)cc1. The smallest absolute Gasteiger partial charge is 0.121 e. The molecule has 0 amide bonds. The molecule has 3 aromatic rings. The summed E-state index contributed by atoms with van der Waals surface area (Å²) in [4.78, 5) is 4.49. The van der Waals surface area contributed by atoms with Crippen LogP contribution in [-0.2, 0) is 0 Å². The van der Waals surface area contributed by atoms with Crippen molar-refractivity contribution in [1.29, 1.82) is 0 Å². The first-order valence-electron chi connectivity index (χ1n) is 8.24. The molecule has 23 heavy (non-hydrogen) atoms. The summed E-state index contributed by atoms with van der Waals surface area (Å²) in [6, 6.07) is 13.9. The second-order valence-electron chi connectivity index (χ2n) is 5.77. The average molecular weight is 309 g/mol. The number of aromatic nitrogens is 2. The molecular formula is C19H23N3O. The summed E-state index contributed by atoms with van der Waals surface area (Å²) in [6.45, 7) is 2.98. The Morgan fingerprint density at radius 1 is 1.04 bits per heavy atom. The third kappa shape index (κ3) is 3.65. The van der Waals surface area contributed by atoms with Crippen LogP contribution >= 0.6 is 0 Å². The second kappa shape index (κ2) is 7.18. The van der Waals surface area contributed by atoms with E-state index in [4.69, 9.17) is 10.5 Å². The summed E-state index contributed by atoms with van der Waals surface area (Å²) < 4.78 is 7.88. The Hall–Kier alpha value is -2.49. The van der Waals surface area contributed by atoms with E-state index in [1.807, 2.05) is 42.7 Å². The number of imidazole rings is 1. The highest BCUT2D eigenvalue weighted by atomic mass is 16.5. The monoisotopic (exact) mass is 309 g/mol.